The quantitative estimate of drug-likeness (QED) is 0.442. The fourth-order valence-corrected chi connectivity index (χ4v) is 3.16. The van der Waals surface area contributed by atoms with Gasteiger partial charge in [0.15, 0.2) is 5.12 Å². The third-order valence-corrected chi connectivity index (χ3v) is 4.20. The molecule has 0 N–H and O–H groups in total. The number of likely N-dealkylation sites (tertiary alicyclic amines) is 1. The van der Waals surface area contributed by atoms with Crippen LogP contribution in [-0.4, -0.2) is 40.1 Å². The van der Waals surface area contributed by atoms with Crippen molar-refractivity contribution in [2.45, 2.75) is 43.6 Å². The number of hydrogen-bond donors (Lipinski definition) is 0. The van der Waals surface area contributed by atoms with Crippen LogP contribution in [-0.2, 0) is 4.84 Å². The van der Waals surface area contributed by atoms with Crippen molar-refractivity contribution >= 4 is 28.6 Å². The van der Waals surface area contributed by atoms with E-state index in [1.54, 1.807) is 5.06 Å². The number of hydrogen-bond acceptors (Lipinski definition) is 4. The van der Waals surface area contributed by atoms with Gasteiger partial charge in [0.05, 0.1) is 0 Å². The Kier molecular flexibility index (Phi) is 4.53. The molecule has 2 aliphatic heterocycles. The number of halogens is 2. The molecule has 2 aliphatic rings. The van der Waals surface area contributed by atoms with Crippen molar-refractivity contribution in [3.63, 3.8) is 0 Å². The number of alkyl halides is 1. The molecule has 17 heavy (non-hydrogen) atoms. The first-order chi connectivity index (χ1) is 8.13. The molecule has 0 saturated carbocycles. The minimum atomic E-state index is -0.811. The van der Waals surface area contributed by atoms with Crippen LogP contribution in [0.2, 0.25) is 0 Å². The van der Waals surface area contributed by atoms with Gasteiger partial charge in [-0.25, -0.2) is 4.79 Å². The molecule has 0 bridgehead atoms. The number of rotatable bonds is 2. The van der Waals surface area contributed by atoms with Gasteiger partial charge in [-0.05, 0) is 32.1 Å². The average Bonchev–Trinajstić information content (AvgIpc) is 2.33. The number of carbonyl (C=O) groups is 1. The van der Waals surface area contributed by atoms with E-state index in [1.165, 1.54) is 6.42 Å². The highest BCUT2D eigenvalue weighted by molar-refractivity contribution is 6.61. The maximum Gasteiger partial charge on any atom is 0.422 e. The average molecular weight is 281 g/mol. The molecular formula is C11H18Cl2N2O2. The zero-order chi connectivity index (χ0) is 12.3. The van der Waals surface area contributed by atoms with E-state index in [0.717, 1.165) is 45.2 Å². The van der Waals surface area contributed by atoms with Crippen LogP contribution in [0.5, 0.6) is 0 Å². The molecule has 1 unspecified atom stereocenters. The van der Waals surface area contributed by atoms with Crippen molar-refractivity contribution in [3.05, 3.63) is 0 Å². The lowest BCUT2D eigenvalue weighted by Gasteiger charge is -2.48. The molecule has 98 valence electrons. The molecule has 0 amide bonds. The maximum atomic E-state index is 10.9. The molecule has 0 spiro atoms. The third-order valence-electron chi connectivity index (χ3n) is 3.51. The molecule has 4 nitrogen and oxygen atoms in total. The predicted molar refractivity (Wildman–Crippen MR) is 66.9 cm³/mol. The molecule has 1 atom stereocenters. The molecular weight excluding hydrogens is 263 g/mol. The van der Waals surface area contributed by atoms with Crippen molar-refractivity contribution in [1.82, 2.24) is 9.96 Å². The van der Waals surface area contributed by atoms with Crippen molar-refractivity contribution in [2.75, 3.05) is 19.6 Å². The minimum absolute atomic E-state index is 0.651. The smallest absolute Gasteiger partial charge is 0.352 e. The van der Waals surface area contributed by atoms with Gasteiger partial charge in [0.1, 0.15) is 0 Å². The summed E-state index contributed by atoms with van der Waals surface area (Å²) in [6.07, 6.45) is 6.38. The van der Waals surface area contributed by atoms with Gasteiger partial charge in [0, 0.05) is 31.2 Å². The second-order valence-corrected chi connectivity index (χ2v) is 5.57. The van der Waals surface area contributed by atoms with E-state index < -0.39 is 10.6 Å². The second-order valence-electron chi connectivity index (χ2n) is 4.65. The van der Waals surface area contributed by atoms with Crippen LogP contribution < -0.4 is 0 Å². The summed E-state index contributed by atoms with van der Waals surface area (Å²) >= 11 is 12.0. The Balaban J connectivity index is 2.08. The van der Waals surface area contributed by atoms with Gasteiger partial charge in [-0.15, -0.1) is 5.06 Å². The van der Waals surface area contributed by atoms with Gasteiger partial charge in [-0.3, -0.25) is 4.90 Å². The summed E-state index contributed by atoms with van der Waals surface area (Å²) in [5.74, 6) is 0. The molecule has 0 aromatic heterocycles. The zero-order valence-electron chi connectivity index (χ0n) is 9.83. The van der Waals surface area contributed by atoms with Crippen LogP contribution in [0.25, 0.3) is 0 Å². The second kappa shape index (κ2) is 5.74. The fourth-order valence-electron chi connectivity index (χ4n) is 2.66. The van der Waals surface area contributed by atoms with Crippen molar-refractivity contribution in [2.24, 2.45) is 0 Å². The van der Waals surface area contributed by atoms with Crippen molar-refractivity contribution < 1.29 is 9.63 Å². The normalized spacial score (nSPS) is 32.4. The largest absolute Gasteiger partial charge is 0.422 e. The van der Waals surface area contributed by atoms with Gasteiger partial charge in [-0.1, -0.05) is 18.0 Å². The number of piperidine rings is 2. The summed E-state index contributed by atoms with van der Waals surface area (Å²) in [5, 5.41) is 0.863. The fraction of sp³-hybridized carbons (Fsp3) is 0.909. The first-order valence-corrected chi connectivity index (χ1v) is 6.97. The van der Waals surface area contributed by atoms with Gasteiger partial charge in [-0.2, -0.15) is 0 Å². The van der Waals surface area contributed by atoms with Crippen LogP contribution in [0.4, 0.5) is 4.79 Å². The molecule has 2 fully saturated rings. The minimum Gasteiger partial charge on any atom is -0.352 e. The van der Waals surface area contributed by atoms with E-state index in [4.69, 9.17) is 28.0 Å². The molecule has 0 aromatic rings. The first kappa shape index (κ1) is 13.4. The topological polar surface area (TPSA) is 32.8 Å². The lowest BCUT2D eigenvalue weighted by molar-refractivity contribution is -0.204. The van der Waals surface area contributed by atoms with Gasteiger partial charge in [0.25, 0.3) is 0 Å². The summed E-state index contributed by atoms with van der Waals surface area (Å²) in [5.41, 5.74) is -0.811. The van der Waals surface area contributed by atoms with Crippen molar-refractivity contribution in [3.8, 4) is 0 Å². The van der Waals surface area contributed by atoms with Crippen LogP contribution >= 0.6 is 23.2 Å². The number of carbonyl (C=O) groups excluding carboxylic acids is 1. The Morgan fingerprint density at radius 3 is 2.35 bits per heavy atom. The Morgan fingerprint density at radius 1 is 1.06 bits per heavy atom. The van der Waals surface area contributed by atoms with E-state index in [0.29, 0.717) is 6.54 Å². The standard InChI is InChI=1S/C11H18Cl2N2O2/c12-10(16)17-15-9-5-2-6-11(15,13)14-7-3-1-4-8-14/h1-9H2. The lowest BCUT2D eigenvalue weighted by atomic mass is 10.0. The predicted octanol–water partition coefficient (Wildman–Crippen LogP) is 3.14. The van der Waals surface area contributed by atoms with Gasteiger partial charge >= 0.3 is 5.43 Å². The van der Waals surface area contributed by atoms with Crippen LogP contribution in [0, 0.1) is 0 Å². The third kappa shape index (κ3) is 3.05. The van der Waals surface area contributed by atoms with E-state index >= 15 is 0 Å². The number of hydroxylamine groups is 2. The van der Waals surface area contributed by atoms with Crippen LogP contribution in [0.3, 0.4) is 0 Å². The zero-order valence-corrected chi connectivity index (χ0v) is 11.3. The molecule has 2 heterocycles. The molecule has 0 aromatic carbocycles. The monoisotopic (exact) mass is 280 g/mol. The SMILES string of the molecule is O=C(Cl)ON1CCCCC1(Cl)N1CCCCC1. The summed E-state index contributed by atoms with van der Waals surface area (Å²) < 4.78 is 0. The molecule has 0 aliphatic carbocycles. The van der Waals surface area contributed by atoms with E-state index in [1.807, 2.05) is 0 Å². The Labute approximate surface area is 112 Å². The Hall–Kier alpha value is -0.0300. The maximum absolute atomic E-state index is 10.9. The van der Waals surface area contributed by atoms with E-state index in [-0.39, 0.29) is 0 Å². The highest BCUT2D eigenvalue weighted by Crippen LogP contribution is 2.37. The van der Waals surface area contributed by atoms with E-state index in [9.17, 15) is 4.79 Å². The summed E-state index contributed by atoms with van der Waals surface area (Å²) in [6.45, 7) is 2.57. The molecule has 2 saturated heterocycles. The van der Waals surface area contributed by atoms with Crippen LogP contribution in [0.15, 0.2) is 0 Å². The Morgan fingerprint density at radius 2 is 1.71 bits per heavy atom. The van der Waals surface area contributed by atoms with Crippen molar-refractivity contribution in [1.29, 1.82) is 0 Å². The summed E-state index contributed by atoms with van der Waals surface area (Å²) in [7, 11) is 0. The highest BCUT2D eigenvalue weighted by atomic mass is 35.5. The Bertz CT molecular complexity index is 285. The van der Waals surface area contributed by atoms with Crippen LogP contribution in [0.1, 0.15) is 38.5 Å². The van der Waals surface area contributed by atoms with Gasteiger partial charge in [0.2, 0.25) is 0 Å². The number of nitrogens with zero attached hydrogens (tertiary/aromatic N) is 2. The highest BCUT2D eigenvalue weighted by Gasteiger charge is 2.45. The first-order valence-electron chi connectivity index (χ1n) is 6.22. The lowest BCUT2D eigenvalue weighted by Crippen LogP contribution is -2.60. The molecule has 6 heteroatoms. The molecule has 2 rings (SSSR count). The van der Waals surface area contributed by atoms with E-state index in [2.05, 4.69) is 4.90 Å². The summed E-state index contributed by atoms with van der Waals surface area (Å²) in [6, 6.07) is 0. The summed E-state index contributed by atoms with van der Waals surface area (Å²) in [4.78, 5) is 18.2. The van der Waals surface area contributed by atoms with Gasteiger partial charge < -0.3 is 4.84 Å². The molecule has 0 radical (unpaired) electrons.